The third-order valence-corrected chi connectivity index (χ3v) is 5.68. The number of benzene rings is 2. The van der Waals surface area contributed by atoms with Crippen LogP contribution < -0.4 is 16.2 Å². The number of nitrogens with zero attached hydrogens (tertiary/aromatic N) is 1. The largest absolute Gasteiger partial charge is 0.371 e. The lowest BCUT2D eigenvalue weighted by Crippen LogP contribution is -2.58. The van der Waals surface area contributed by atoms with E-state index in [1.165, 1.54) is 12.1 Å². The van der Waals surface area contributed by atoms with Gasteiger partial charge in [0.2, 0.25) is 0 Å². The van der Waals surface area contributed by atoms with Crippen LogP contribution in [0, 0.1) is 5.82 Å². The van der Waals surface area contributed by atoms with Crippen LogP contribution >= 0.6 is 11.8 Å². The van der Waals surface area contributed by atoms with Crippen LogP contribution in [0.2, 0.25) is 0 Å². The maximum Gasteiger partial charge on any atom is 0.142 e. The van der Waals surface area contributed by atoms with Gasteiger partial charge in [0.15, 0.2) is 0 Å². The number of hydrazine groups is 1. The number of halogens is 1. The van der Waals surface area contributed by atoms with Gasteiger partial charge in [-0.25, -0.2) is 14.8 Å². The summed E-state index contributed by atoms with van der Waals surface area (Å²) in [6, 6.07) is 14.8. The summed E-state index contributed by atoms with van der Waals surface area (Å²) in [5.41, 5.74) is 9.27. The third kappa shape index (κ3) is 3.50. The van der Waals surface area contributed by atoms with Gasteiger partial charge in [-0.2, -0.15) is 11.8 Å². The third-order valence-electron chi connectivity index (χ3n) is 4.70. The fourth-order valence-corrected chi connectivity index (χ4v) is 4.52. The van der Waals surface area contributed by atoms with E-state index in [0.29, 0.717) is 6.54 Å². The van der Waals surface area contributed by atoms with E-state index < -0.39 is 0 Å². The second-order valence-corrected chi connectivity index (χ2v) is 7.63. The molecule has 4 nitrogen and oxygen atoms in total. The highest BCUT2D eigenvalue weighted by Crippen LogP contribution is 2.39. The quantitative estimate of drug-likeness (QED) is 0.732. The Kier molecular flexibility index (Phi) is 4.63. The molecule has 0 radical (unpaired) electrons. The van der Waals surface area contributed by atoms with Crippen LogP contribution in [-0.4, -0.2) is 22.9 Å². The molecule has 3 N–H and O–H groups in total. The molecule has 0 bridgehead atoms. The Hall–Kier alpha value is -2.05. The van der Waals surface area contributed by atoms with Crippen molar-refractivity contribution in [2.24, 2.45) is 4.99 Å². The Morgan fingerprint density at radius 1 is 1.12 bits per heavy atom. The van der Waals surface area contributed by atoms with Crippen LogP contribution in [0.15, 0.2) is 53.5 Å². The van der Waals surface area contributed by atoms with Crippen LogP contribution in [0.1, 0.15) is 18.4 Å². The number of aliphatic imine (C=N–C) groups is 1. The second-order valence-electron chi connectivity index (χ2n) is 6.41. The maximum atomic E-state index is 13.3. The lowest BCUT2D eigenvalue weighted by Gasteiger charge is -2.42. The SMILES string of the molecule is Fc1cccc(CNNC2=Nc3ccccc3NC23CCSCC3)c1. The maximum absolute atomic E-state index is 13.3. The average Bonchev–Trinajstić information content (AvgIpc) is 2.63. The number of thioether (sulfide) groups is 1. The molecule has 0 amide bonds. The van der Waals surface area contributed by atoms with E-state index in [0.717, 1.165) is 47.1 Å². The lowest BCUT2D eigenvalue weighted by atomic mass is 9.88. The van der Waals surface area contributed by atoms with Gasteiger partial charge >= 0.3 is 0 Å². The Bertz CT molecular complexity index is 786. The standard InChI is InChI=1S/C19H21FN4S/c20-15-5-3-4-14(12-15)13-21-24-18-19(8-10-25-11-9-19)23-17-7-2-1-6-16(17)22-18/h1-7,12,21,23H,8-11,13H2,(H,22,24). The van der Waals surface area contributed by atoms with E-state index in [4.69, 9.17) is 4.99 Å². The first-order valence-corrected chi connectivity index (χ1v) is 9.68. The van der Waals surface area contributed by atoms with Gasteiger partial charge in [-0.15, -0.1) is 0 Å². The summed E-state index contributed by atoms with van der Waals surface area (Å²) >= 11 is 1.98. The van der Waals surface area contributed by atoms with Crippen molar-refractivity contribution >= 4 is 29.0 Å². The first-order valence-electron chi connectivity index (χ1n) is 8.53. The van der Waals surface area contributed by atoms with Gasteiger partial charge in [-0.05, 0) is 54.2 Å². The molecule has 1 saturated heterocycles. The number of para-hydroxylation sites is 2. The monoisotopic (exact) mass is 356 g/mol. The van der Waals surface area contributed by atoms with E-state index in [1.807, 2.05) is 36.0 Å². The van der Waals surface area contributed by atoms with Gasteiger partial charge in [-0.3, -0.25) is 0 Å². The van der Waals surface area contributed by atoms with Crippen molar-refractivity contribution < 1.29 is 4.39 Å². The number of amidine groups is 1. The molecule has 2 aromatic carbocycles. The summed E-state index contributed by atoms with van der Waals surface area (Å²) in [5, 5.41) is 3.71. The Labute approximate surface area is 151 Å². The number of rotatable bonds is 3. The first-order chi connectivity index (χ1) is 12.3. The van der Waals surface area contributed by atoms with Gasteiger partial charge in [0, 0.05) is 6.54 Å². The number of nitrogens with one attached hydrogen (secondary N) is 3. The highest BCUT2D eigenvalue weighted by Gasteiger charge is 2.40. The molecular weight excluding hydrogens is 335 g/mol. The van der Waals surface area contributed by atoms with Crippen LogP contribution in [0.4, 0.5) is 15.8 Å². The zero-order valence-electron chi connectivity index (χ0n) is 13.9. The lowest BCUT2D eigenvalue weighted by molar-refractivity contribution is 0.520. The number of hydrogen-bond donors (Lipinski definition) is 3. The summed E-state index contributed by atoms with van der Waals surface area (Å²) < 4.78 is 13.3. The van der Waals surface area contributed by atoms with E-state index in [-0.39, 0.29) is 11.4 Å². The molecule has 0 unspecified atom stereocenters. The molecule has 1 fully saturated rings. The molecule has 2 aliphatic rings. The highest BCUT2D eigenvalue weighted by molar-refractivity contribution is 7.99. The molecule has 25 heavy (non-hydrogen) atoms. The van der Waals surface area contributed by atoms with Crippen molar-refractivity contribution in [2.45, 2.75) is 24.9 Å². The molecule has 0 aliphatic carbocycles. The molecule has 130 valence electrons. The van der Waals surface area contributed by atoms with Crippen molar-refractivity contribution in [3.63, 3.8) is 0 Å². The average molecular weight is 356 g/mol. The van der Waals surface area contributed by atoms with Crippen molar-refractivity contribution in [1.82, 2.24) is 10.9 Å². The molecule has 2 aromatic rings. The molecule has 1 spiro atoms. The van der Waals surface area contributed by atoms with Crippen LogP contribution in [-0.2, 0) is 6.54 Å². The minimum Gasteiger partial charge on any atom is -0.371 e. The van der Waals surface area contributed by atoms with E-state index in [9.17, 15) is 4.39 Å². The first kappa shape index (κ1) is 16.4. The fraction of sp³-hybridized carbons (Fsp3) is 0.316. The molecule has 0 saturated carbocycles. The van der Waals surface area contributed by atoms with Crippen molar-refractivity contribution in [1.29, 1.82) is 0 Å². The summed E-state index contributed by atoms with van der Waals surface area (Å²) in [7, 11) is 0. The normalized spacial score (nSPS) is 18.2. The fourth-order valence-electron chi connectivity index (χ4n) is 3.33. The molecule has 0 atom stereocenters. The topological polar surface area (TPSA) is 48.5 Å². The highest BCUT2D eigenvalue weighted by atomic mass is 32.2. The van der Waals surface area contributed by atoms with Gasteiger partial charge in [-0.1, -0.05) is 24.3 Å². The van der Waals surface area contributed by atoms with Crippen molar-refractivity contribution in [3.05, 3.63) is 59.9 Å². The van der Waals surface area contributed by atoms with Crippen LogP contribution in [0.3, 0.4) is 0 Å². The van der Waals surface area contributed by atoms with Crippen LogP contribution in [0.5, 0.6) is 0 Å². The van der Waals surface area contributed by atoms with Crippen molar-refractivity contribution in [2.75, 3.05) is 16.8 Å². The van der Waals surface area contributed by atoms with E-state index >= 15 is 0 Å². The Morgan fingerprint density at radius 3 is 2.80 bits per heavy atom. The van der Waals surface area contributed by atoms with E-state index in [1.54, 1.807) is 6.07 Å². The summed E-state index contributed by atoms with van der Waals surface area (Å²) in [6.45, 7) is 0.531. The molecule has 2 aliphatic heterocycles. The van der Waals surface area contributed by atoms with Gasteiger partial charge in [0.25, 0.3) is 0 Å². The second kappa shape index (κ2) is 7.06. The van der Waals surface area contributed by atoms with Crippen LogP contribution in [0.25, 0.3) is 0 Å². The van der Waals surface area contributed by atoms with Gasteiger partial charge < -0.3 is 10.7 Å². The summed E-state index contributed by atoms with van der Waals surface area (Å²) in [4.78, 5) is 4.87. The van der Waals surface area contributed by atoms with Gasteiger partial charge in [0.05, 0.1) is 16.9 Å². The number of hydrogen-bond acceptors (Lipinski definition) is 5. The van der Waals surface area contributed by atoms with E-state index in [2.05, 4.69) is 22.2 Å². The zero-order chi connectivity index (χ0) is 17.1. The minimum atomic E-state index is -0.217. The zero-order valence-corrected chi connectivity index (χ0v) is 14.7. The Morgan fingerprint density at radius 2 is 1.96 bits per heavy atom. The predicted molar refractivity (Wildman–Crippen MR) is 103 cm³/mol. The molecule has 4 rings (SSSR count). The summed E-state index contributed by atoms with van der Waals surface area (Å²) in [6.07, 6.45) is 2.05. The molecule has 2 heterocycles. The smallest absolute Gasteiger partial charge is 0.142 e. The van der Waals surface area contributed by atoms with Gasteiger partial charge in [0.1, 0.15) is 11.7 Å². The number of fused-ring (bicyclic) bond motifs is 1. The minimum absolute atomic E-state index is 0.158. The van der Waals surface area contributed by atoms with Crippen molar-refractivity contribution in [3.8, 4) is 0 Å². The predicted octanol–water partition coefficient (Wildman–Crippen LogP) is 3.84. The summed E-state index contributed by atoms with van der Waals surface area (Å²) in [5.74, 6) is 2.92. The Balaban J connectivity index is 1.53. The molecule has 0 aromatic heterocycles. The number of anilines is 1. The molecule has 6 heteroatoms. The molecular formula is C19H21FN4S.